The zero-order chi connectivity index (χ0) is 27.4. The normalized spacial score (nSPS) is 15.8. The van der Waals surface area contributed by atoms with Gasteiger partial charge in [0.1, 0.15) is 11.5 Å². The van der Waals surface area contributed by atoms with Crippen molar-refractivity contribution in [3.8, 4) is 11.5 Å². The Balaban J connectivity index is 1.49. The lowest BCUT2D eigenvalue weighted by Crippen LogP contribution is -2.36. The van der Waals surface area contributed by atoms with Crippen LogP contribution in [-0.2, 0) is 15.5 Å². The second-order valence-corrected chi connectivity index (χ2v) is 12.6. The summed E-state index contributed by atoms with van der Waals surface area (Å²) in [5, 5.41) is 0. The van der Waals surface area contributed by atoms with E-state index in [2.05, 4.69) is 82.0 Å². The van der Waals surface area contributed by atoms with Gasteiger partial charge in [-0.2, -0.15) is 0 Å². The highest BCUT2D eigenvalue weighted by Gasteiger charge is 2.22. The molecule has 6 heteroatoms. The summed E-state index contributed by atoms with van der Waals surface area (Å²) >= 11 is 0. The number of hydrogen-bond donors (Lipinski definition) is 0. The Morgan fingerprint density at radius 2 is 1.82 bits per heavy atom. The molecule has 0 N–H and O–H groups in total. The SMILES string of the molecule is CCCOPOC[C@H](C)c1cccc(OCC2CCN(c3cc(OC)ccc3CCCC(C)(C)C)CC2)c1. The van der Waals surface area contributed by atoms with Gasteiger partial charge in [-0.25, -0.2) is 0 Å². The van der Waals surface area contributed by atoms with E-state index in [-0.39, 0.29) is 9.03 Å². The van der Waals surface area contributed by atoms with Crippen molar-refractivity contribution >= 4 is 14.7 Å². The van der Waals surface area contributed by atoms with Gasteiger partial charge in [-0.15, -0.1) is 0 Å². The number of anilines is 1. The molecule has 0 saturated carbocycles. The van der Waals surface area contributed by atoms with Crippen LogP contribution in [0.4, 0.5) is 5.69 Å². The van der Waals surface area contributed by atoms with E-state index in [0.29, 0.717) is 23.9 Å². The van der Waals surface area contributed by atoms with Gasteiger partial charge in [0.15, 0.2) is 9.03 Å². The lowest BCUT2D eigenvalue weighted by atomic mass is 9.88. The summed E-state index contributed by atoms with van der Waals surface area (Å²) in [7, 11) is 1.87. The maximum absolute atomic E-state index is 6.28. The number of benzene rings is 2. The van der Waals surface area contributed by atoms with Gasteiger partial charge in [-0.3, -0.25) is 0 Å². The van der Waals surface area contributed by atoms with Gasteiger partial charge in [-0.1, -0.05) is 52.8 Å². The van der Waals surface area contributed by atoms with Gasteiger partial charge in [-0.05, 0) is 79.2 Å². The third-order valence-electron chi connectivity index (χ3n) is 7.29. The van der Waals surface area contributed by atoms with Gasteiger partial charge in [0.2, 0.25) is 0 Å². The molecule has 0 aromatic heterocycles. The number of methoxy groups -OCH3 is 1. The van der Waals surface area contributed by atoms with Gasteiger partial charge in [0.25, 0.3) is 0 Å². The maximum atomic E-state index is 6.28. The van der Waals surface area contributed by atoms with Crippen molar-refractivity contribution in [2.45, 2.75) is 79.1 Å². The molecule has 1 fully saturated rings. The number of piperidine rings is 1. The zero-order valence-electron chi connectivity index (χ0n) is 24.6. The summed E-state index contributed by atoms with van der Waals surface area (Å²) in [5.74, 6) is 2.77. The predicted molar refractivity (Wildman–Crippen MR) is 161 cm³/mol. The van der Waals surface area contributed by atoms with Gasteiger partial charge in [0, 0.05) is 30.8 Å². The van der Waals surface area contributed by atoms with Crippen molar-refractivity contribution in [1.29, 1.82) is 0 Å². The topological polar surface area (TPSA) is 40.2 Å². The van der Waals surface area contributed by atoms with Crippen molar-refractivity contribution < 1.29 is 18.5 Å². The lowest BCUT2D eigenvalue weighted by Gasteiger charge is -2.35. The molecule has 0 spiro atoms. The third-order valence-corrected chi connectivity index (χ3v) is 7.90. The van der Waals surface area contributed by atoms with Crippen LogP contribution in [0.2, 0.25) is 0 Å². The smallest absolute Gasteiger partial charge is 0.155 e. The fraction of sp³-hybridized carbons (Fsp3) is 0.625. The standard InChI is InChI=1S/C32H50NO4P/c1-7-20-36-38-37-23-25(2)28-10-8-12-30(21-28)35-24-26-15-18-33(19-16-26)31-22-29(34-6)14-13-27(31)11-9-17-32(3,4)5/h8,10,12-14,21-22,25-26,38H,7,9,11,15-20,23-24H2,1-6H3/t25-/m0/s1. The number of nitrogens with zero attached hydrogens (tertiary/aromatic N) is 1. The van der Waals surface area contributed by atoms with Crippen LogP contribution in [0.15, 0.2) is 42.5 Å². The fourth-order valence-electron chi connectivity index (χ4n) is 4.89. The first kappa shape index (κ1) is 30.7. The van der Waals surface area contributed by atoms with E-state index in [1.54, 1.807) is 7.11 Å². The average Bonchev–Trinajstić information content (AvgIpc) is 2.91. The molecular formula is C32H50NO4P. The molecule has 2 atom stereocenters. The molecule has 212 valence electrons. The van der Waals surface area contributed by atoms with Crippen LogP contribution in [0.1, 0.15) is 83.8 Å². The van der Waals surface area contributed by atoms with E-state index >= 15 is 0 Å². The first-order chi connectivity index (χ1) is 18.3. The monoisotopic (exact) mass is 543 g/mol. The number of rotatable bonds is 15. The van der Waals surface area contributed by atoms with Crippen LogP contribution < -0.4 is 14.4 Å². The van der Waals surface area contributed by atoms with E-state index in [1.165, 1.54) is 29.7 Å². The highest BCUT2D eigenvalue weighted by Crippen LogP contribution is 2.33. The molecule has 2 aromatic carbocycles. The summed E-state index contributed by atoms with van der Waals surface area (Å²) in [6, 6.07) is 15.1. The Morgan fingerprint density at radius 1 is 1.03 bits per heavy atom. The molecule has 3 rings (SSSR count). The molecule has 0 amide bonds. The van der Waals surface area contributed by atoms with Crippen molar-refractivity contribution in [3.05, 3.63) is 53.6 Å². The van der Waals surface area contributed by atoms with E-state index in [0.717, 1.165) is 63.5 Å². The minimum atomic E-state index is 0.117. The zero-order valence-corrected chi connectivity index (χ0v) is 25.6. The van der Waals surface area contributed by atoms with Gasteiger partial charge >= 0.3 is 0 Å². The molecule has 5 nitrogen and oxygen atoms in total. The predicted octanol–water partition coefficient (Wildman–Crippen LogP) is 8.41. The molecule has 0 bridgehead atoms. The van der Waals surface area contributed by atoms with Crippen LogP contribution >= 0.6 is 9.03 Å². The Kier molecular flexibility index (Phi) is 12.7. The summed E-state index contributed by atoms with van der Waals surface area (Å²) in [6.07, 6.45) is 6.86. The van der Waals surface area contributed by atoms with Crippen LogP contribution in [0, 0.1) is 11.3 Å². The highest BCUT2D eigenvalue weighted by atomic mass is 31.1. The second kappa shape index (κ2) is 15.7. The number of aryl methyl sites for hydroxylation is 1. The molecular weight excluding hydrogens is 493 g/mol. The van der Waals surface area contributed by atoms with E-state index in [1.807, 2.05) is 0 Å². The minimum Gasteiger partial charge on any atom is -0.497 e. The minimum absolute atomic E-state index is 0.117. The molecule has 0 aliphatic carbocycles. The van der Waals surface area contributed by atoms with Crippen LogP contribution in [0.3, 0.4) is 0 Å². The van der Waals surface area contributed by atoms with E-state index in [9.17, 15) is 0 Å². The Bertz CT molecular complexity index is 953. The molecule has 1 aliphatic rings. The van der Waals surface area contributed by atoms with Crippen molar-refractivity contribution in [1.82, 2.24) is 0 Å². The molecule has 1 unspecified atom stereocenters. The number of ether oxygens (including phenoxy) is 2. The lowest BCUT2D eigenvalue weighted by molar-refractivity contribution is 0.222. The van der Waals surface area contributed by atoms with Crippen molar-refractivity contribution in [2.75, 3.05) is 44.9 Å². The Hall–Kier alpha value is -1.81. The molecule has 1 saturated heterocycles. The van der Waals surface area contributed by atoms with Crippen molar-refractivity contribution in [3.63, 3.8) is 0 Å². The molecule has 2 aromatic rings. The highest BCUT2D eigenvalue weighted by molar-refractivity contribution is 7.26. The van der Waals surface area contributed by atoms with E-state index < -0.39 is 0 Å². The summed E-state index contributed by atoms with van der Waals surface area (Å²) in [4.78, 5) is 2.55. The van der Waals surface area contributed by atoms with Crippen LogP contribution in [0.25, 0.3) is 0 Å². The molecule has 0 radical (unpaired) electrons. The molecule has 1 aliphatic heterocycles. The Labute approximate surface area is 233 Å². The fourth-order valence-corrected chi connectivity index (χ4v) is 5.58. The summed E-state index contributed by atoms with van der Waals surface area (Å²) < 4.78 is 23.0. The number of hydrogen-bond acceptors (Lipinski definition) is 5. The van der Waals surface area contributed by atoms with E-state index in [4.69, 9.17) is 18.5 Å². The largest absolute Gasteiger partial charge is 0.497 e. The first-order valence-electron chi connectivity index (χ1n) is 14.4. The average molecular weight is 544 g/mol. The van der Waals surface area contributed by atoms with Gasteiger partial charge < -0.3 is 23.4 Å². The first-order valence-corrected chi connectivity index (χ1v) is 15.2. The van der Waals surface area contributed by atoms with Crippen LogP contribution in [-0.4, -0.2) is 40.0 Å². The summed E-state index contributed by atoms with van der Waals surface area (Å²) in [5.41, 5.74) is 4.41. The second-order valence-electron chi connectivity index (χ2n) is 11.9. The van der Waals surface area contributed by atoms with Gasteiger partial charge in [0.05, 0.1) is 26.9 Å². The Morgan fingerprint density at radius 3 is 2.53 bits per heavy atom. The third kappa shape index (κ3) is 10.4. The maximum Gasteiger partial charge on any atom is 0.155 e. The van der Waals surface area contributed by atoms with Crippen LogP contribution in [0.5, 0.6) is 11.5 Å². The quantitative estimate of drug-likeness (QED) is 0.167. The summed E-state index contributed by atoms with van der Waals surface area (Å²) in [6.45, 7) is 15.6. The van der Waals surface area contributed by atoms with Crippen molar-refractivity contribution in [2.24, 2.45) is 11.3 Å². The molecule has 1 heterocycles. The molecule has 38 heavy (non-hydrogen) atoms.